The third-order valence-electron chi connectivity index (χ3n) is 1.94. The maximum absolute atomic E-state index is 5.70. The van der Waals surface area contributed by atoms with Gasteiger partial charge in [0.1, 0.15) is 0 Å². The molecule has 2 heterocycles. The first kappa shape index (κ1) is 8.47. The van der Waals surface area contributed by atoms with Crippen LogP contribution >= 0.6 is 11.3 Å². The van der Waals surface area contributed by atoms with E-state index in [4.69, 9.17) is 5.73 Å². The average Bonchev–Trinajstić information content (AvgIpc) is 2.76. The van der Waals surface area contributed by atoms with Gasteiger partial charge in [-0.3, -0.25) is 4.68 Å². The summed E-state index contributed by atoms with van der Waals surface area (Å²) in [7, 11) is 0. The molecule has 0 aliphatic rings. The maximum atomic E-state index is 5.70. The Bertz CT molecular complexity index is 305. The van der Waals surface area contributed by atoms with Crippen molar-refractivity contribution in [1.82, 2.24) is 9.78 Å². The van der Waals surface area contributed by atoms with Crippen molar-refractivity contribution in [2.24, 2.45) is 5.73 Å². The van der Waals surface area contributed by atoms with Crippen LogP contribution in [0.3, 0.4) is 0 Å². The maximum Gasteiger partial charge on any atom is 0.0982 e. The molecule has 1 atom stereocenters. The molecule has 0 aliphatic carbocycles. The molecule has 3 nitrogen and oxygen atoms in total. The summed E-state index contributed by atoms with van der Waals surface area (Å²) in [6.07, 6.45) is 3.72. The summed E-state index contributed by atoms with van der Waals surface area (Å²) in [6, 6.07) is 6.22. The minimum Gasteiger partial charge on any atom is -0.328 e. The summed E-state index contributed by atoms with van der Waals surface area (Å²) in [5.41, 5.74) is 5.70. The van der Waals surface area contributed by atoms with E-state index in [9.17, 15) is 0 Å². The summed E-state index contributed by atoms with van der Waals surface area (Å²) < 4.78 is 1.89. The zero-order valence-electron chi connectivity index (χ0n) is 7.13. The zero-order chi connectivity index (χ0) is 9.10. The molecule has 2 aromatic heterocycles. The molecule has 2 aromatic rings. The number of aromatic nitrogens is 2. The Morgan fingerprint density at radius 1 is 1.54 bits per heavy atom. The standard InChI is InChI=1S/C9H11N3S/c10-7-8(9-3-1-6-13-9)12-5-2-4-11-12/h1-6,8H,7,10H2. The average molecular weight is 193 g/mol. The lowest BCUT2D eigenvalue weighted by Crippen LogP contribution is -2.19. The fraction of sp³-hybridized carbons (Fsp3) is 0.222. The van der Waals surface area contributed by atoms with Crippen molar-refractivity contribution in [3.05, 3.63) is 40.8 Å². The van der Waals surface area contributed by atoms with Gasteiger partial charge in [-0.15, -0.1) is 11.3 Å². The monoisotopic (exact) mass is 193 g/mol. The van der Waals surface area contributed by atoms with Crippen LogP contribution in [0.15, 0.2) is 36.0 Å². The molecule has 1 unspecified atom stereocenters. The second-order valence-electron chi connectivity index (χ2n) is 2.75. The van der Waals surface area contributed by atoms with Crippen LogP contribution in [0.25, 0.3) is 0 Å². The third kappa shape index (κ3) is 1.64. The highest BCUT2D eigenvalue weighted by molar-refractivity contribution is 7.10. The highest BCUT2D eigenvalue weighted by Crippen LogP contribution is 2.20. The second-order valence-corrected chi connectivity index (χ2v) is 3.73. The summed E-state index contributed by atoms with van der Waals surface area (Å²) in [5.74, 6) is 0. The molecule has 2 N–H and O–H groups in total. The molecular weight excluding hydrogens is 182 g/mol. The first-order valence-electron chi connectivity index (χ1n) is 4.14. The van der Waals surface area contributed by atoms with Crippen LogP contribution < -0.4 is 5.73 Å². The molecular formula is C9H11N3S. The Hall–Kier alpha value is -1.13. The third-order valence-corrected chi connectivity index (χ3v) is 2.91. The molecule has 0 spiro atoms. The van der Waals surface area contributed by atoms with Gasteiger partial charge in [0.05, 0.1) is 6.04 Å². The predicted molar refractivity (Wildman–Crippen MR) is 53.7 cm³/mol. The number of rotatable bonds is 3. The molecule has 0 radical (unpaired) electrons. The Labute approximate surface area is 80.8 Å². The number of hydrogen-bond donors (Lipinski definition) is 1. The van der Waals surface area contributed by atoms with Crippen LogP contribution in [0, 0.1) is 0 Å². The quantitative estimate of drug-likeness (QED) is 0.802. The SMILES string of the molecule is NCC(c1cccs1)n1cccn1. The van der Waals surface area contributed by atoms with Gasteiger partial charge in [-0.25, -0.2) is 0 Å². The highest BCUT2D eigenvalue weighted by atomic mass is 32.1. The molecule has 0 bridgehead atoms. The first-order chi connectivity index (χ1) is 6.42. The van der Waals surface area contributed by atoms with E-state index in [-0.39, 0.29) is 6.04 Å². The lowest BCUT2D eigenvalue weighted by atomic mass is 10.2. The summed E-state index contributed by atoms with van der Waals surface area (Å²) in [4.78, 5) is 1.26. The Morgan fingerprint density at radius 2 is 2.46 bits per heavy atom. The molecule has 2 rings (SSSR count). The number of nitrogens with two attached hydrogens (primary N) is 1. The van der Waals surface area contributed by atoms with Gasteiger partial charge in [-0.05, 0) is 17.5 Å². The van der Waals surface area contributed by atoms with Crippen molar-refractivity contribution in [2.75, 3.05) is 6.54 Å². The molecule has 0 aromatic carbocycles. The van der Waals surface area contributed by atoms with E-state index in [1.165, 1.54) is 4.88 Å². The van der Waals surface area contributed by atoms with Gasteiger partial charge in [0.25, 0.3) is 0 Å². The lowest BCUT2D eigenvalue weighted by molar-refractivity contribution is 0.540. The van der Waals surface area contributed by atoms with Gasteiger partial charge in [0.15, 0.2) is 0 Å². The van der Waals surface area contributed by atoms with Gasteiger partial charge in [-0.1, -0.05) is 6.07 Å². The molecule has 4 heteroatoms. The topological polar surface area (TPSA) is 43.8 Å². The van der Waals surface area contributed by atoms with Crippen molar-refractivity contribution < 1.29 is 0 Å². The van der Waals surface area contributed by atoms with Crippen molar-refractivity contribution in [3.8, 4) is 0 Å². The molecule has 0 aliphatic heterocycles. The lowest BCUT2D eigenvalue weighted by Gasteiger charge is -2.12. The minimum absolute atomic E-state index is 0.190. The van der Waals surface area contributed by atoms with E-state index >= 15 is 0 Å². The van der Waals surface area contributed by atoms with E-state index in [0.29, 0.717) is 6.54 Å². The van der Waals surface area contributed by atoms with E-state index < -0.39 is 0 Å². The van der Waals surface area contributed by atoms with Crippen LogP contribution in [-0.2, 0) is 0 Å². The van der Waals surface area contributed by atoms with E-state index in [2.05, 4.69) is 16.5 Å². The number of thiophene rings is 1. The fourth-order valence-corrected chi connectivity index (χ4v) is 2.13. The van der Waals surface area contributed by atoms with Crippen molar-refractivity contribution in [1.29, 1.82) is 0 Å². The van der Waals surface area contributed by atoms with E-state index in [1.807, 2.05) is 23.0 Å². The van der Waals surface area contributed by atoms with Gasteiger partial charge in [-0.2, -0.15) is 5.10 Å². The Balaban J connectivity index is 2.29. The van der Waals surface area contributed by atoms with Crippen LogP contribution in [0.1, 0.15) is 10.9 Å². The summed E-state index contributed by atoms with van der Waals surface area (Å²) >= 11 is 1.71. The number of hydrogen-bond acceptors (Lipinski definition) is 3. The normalized spacial score (nSPS) is 13.0. The first-order valence-corrected chi connectivity index (χ1v) is 5.02. The molecule has 0 saturated carbocycles. The fourth-order valence-electron chi connectivity index (χ4n) is 1.30. The van der Waals surface area contributed by atoms with E-state index in [0.717, 1.165) is 0 Å². The van der Waals surface area contributed by atoms with Gasteiger partial charge >= 0.3 is 0 Å². The molecule has 0 fully saturated rings. The molecule has 0 saturated heterocycles. The highest BCUT2D eigenvalue weighted by Gasteiger charge is 2.11. The zero-order valence-corrected chi connectivity index (χ0v) is 7.95. The van der Waals surface area contributed by atoms with Crippen LogP contribution in [-0.4, -0.2) is 16.3 Å². The minimum atomic E-state index is 0.190. The molecule has 68 valence electrons. The molecule has 13 heavy (non-hydrogen) atoms. The van der Waals surface area contributed by atoms with Crippen molar-refractivity contribution >= 4 is 11.3 Å². The van der Waals surface area contributed by atoms with Gasteiger partial charge in [0, 0.05) is 23.8 Å². The number of nitrogens with zero attached hydrogens (tertiary/aromatic N) is 2. The summed E-state index contributed by atoms with van der Waals surface area (Å²) in [5, 5.41) is 6.24. The van der Waals surface area contributed by atoms with Gasteiger partial charge in [0.2, 0.25) is 0 Å². The predicted octanol–water partition coefficient (Wildman–Crippen LogP) is 1.49. The van der Waals surface area contributed by atoms with Crippen LogP contribution in [0.5, 0.6) is 0 Å². The molecule has 0 amide bonds. The Kier molecular flexibility index (Phi) is 2.42. The van der Waals surface area contributed by atoms with Crippen molar-refractivity contribution in [3.63, 3.8) is 0 Å². The van der Waals surface area contributed by atoms with Crippen LogP contribution in [0.2, 0.25) is 0 Å². The second kappa shape index (κ2) is 3.72. The van der Waals surface area contributed by atoms with E-state index in [1.54, 1.807) is 17.5 Å². The smallest absolute Gasteiger partial charge is 0.0982 e. The van der Waals surface area contributed by atoms with Crippen molar-refractivity contribution in [2.45, 2.75) is 6.04 Å². The summed E-state index contributed by atoms with van der Waals surface area (Å²) in [6.45, 7) is 0.586. The largest absolute Gasteiger partial charge is 0.328 e. The van der Waals surface area contributed by atoms with Gasteiger partial charge < -0.3 is 5.73 Å². The Morgan fingerprint density at radius 3 is 3.00 bits per heavy atom. The van der Waals surface area contributed by atoms with Crippen LogP contribution in [0.4, 0.5) is 0 Å².